The van der Waals surface area contributed by atoms with Gasteiger partial charge in [0.2, 0.25) is 0 Å². The maximum absolute atomic E-state index is 13.5. The minimum Gasteiger partial charge on any atom is -0.487 e. The number of pyridine rings is 1. The van der Waals surface area contributed by atoms with Gasteiger partial charge in [-0.1, -0.05) is 41.9 Å². The molecule has 2 unspecified atom stereocenters. The number of nitrogens with zero attached hydrogens (tertiary/aromatic N) is 3. The Morgan fingerprint density at radius 1 is 1.04 bits per heavy atom. The third-order valence-corrected chi connectivity index (χ3v) is 9.88. The second-order valence-electron chi connectivity index (χ2n) is 10.9. The predicted octanol–water partition coefficient (Wildman–Crippen LogP) is 6.72. The van der Waals surface area contributed by atoms with E-state index in [1.807, 2.05) is 25.1 Å². The number of fused-ring (bicyclic) bond motifs is 1. The molecule has 0 radical (unpaired) electrons. The van der Waals surface area contributed by atoms with Gasteiger partial charge in [-0.2, -0.15) is 0 Å². The largest absolute Gasteiger partial charge is 0.487 e. The van der Waals surface area contributed by atoms with Crippen LogP contribution >= 0.6 is 11.6 Å². The molecular weight excluding hydrogens is 629 g/mol. The molecule has 0 aliphatic carbocycles. The van der Waals surface area contributed by atoms with E-state index in [4.69, 9.17) is 26.1 Å². The monoisotopic (exact) mass is 659 g/mol. The fourth-order valence-electron chi connectivity index (χ4n) is 5.34. The molecule has 3 heterocycles. The first-order chi connectivity index (χ1) is 22.2. The Morgan fingerprint density at radius 3 is 2.65 bits per heavy atom. The van der Waals surface area contributed by atoms with Crippen LogP contribution in [-0.2, 0) is 26.8 Å². The van der Waals surface area contributed by atoms with Crippen molar-refractivity contribution in [1.82, 2.24) is 20.3 Å². The van der Waals surface area contributed by atoms with Gasteiger partial charge in [0, 0.05) is 24.0 Å². The van der Waals surface area contributed by atoms with Crippen molar-refractivity contribution in [2.75, 3.05) is 17.6 Å². The van der Waals surface area contributed by atoms with Crippen LogP contribution in [0.4, 0.5) is 15.9 Å². The molecule has 1 aliphatic rings. The summed E-state index contributed by atoms with van der Waals surface area (Å²) in [5, 5.41) is 7.75. The summed E-state index contributed by atoms with van der Waals surface area (Å²) in [4.78, 5) is 13.9. The summed E-state index contributed by atoms with van der Waals surface area (Å²) in [7, 11) is -3.44. The van der Waals surface area contributed by atoms with Crippen LogP contribution in [0.15, 0.2) is 109 Å². The number of benzene rings is 3. The summed E-state index contributed by atoms with van der Waals surface area (Å²) in [5.74, 6) is 0.605. The molecule has 2 N–H and O–H groups in total. The molecule has 2 atom stereocenters. The molecule has 0 saturated heterocycles. The summed E-state index contributed by atoms with van der Waals surface area (Å²) in [6.07, 6.45) is 7.22. The second kappa shape index (κ2) is 13.4. The third-order valence-electron chi connectivity index (χ3n) is 7.85. The van der Waals surface area contributed by atoms with Gasteiger partial charge in [-0.15, -0.1) is 0 Å². The van der Waals surface area contributed by atoms with Crippen molar-refractivity contribution in [1.29, 1.82) is 0 Å². The molecule has 46 heavy (non-hydrogen) atoms. The number of hydrogen-bond donors (Lipinski definition) is 2. The Balaban J connectivity index is 1.19. The molecule has 6 rings (SSSR count). The van der Waals surface area contributed by atoms with Gasteiger partial charge in [-0.25, -0.2) is 22.8 Å². The van der Waals surface area contributed by atoms with Crippen molar-refractivity contribution < 1.29 is 22.3 Å². The lowest BCUT2D eigenvalue weighted by Crippen LogP contribution is -2.48. The Hall–Kier alpha value is -4.58. The highest BCUT2D eigenvalue weighted by molar-refractivity contribution is 7.91. The first-order valence-corrected chi connectivity index (χ1v) is 16.7. The average molecular weight is 660 g/mol. The fourth-order valence-corrected chi connectivity index (χ4v) is 6.77. The number of ether oxygens (including phenoxy) is 2. The van der Waals surface area contributed by atoms with Crippen molar-refractivity contribution in [2.45, 2.75) is 36.5 Å². The standard InChI is InChI=1S/C34H31ClFN5O4S/c1-23(37-14-16-46(42,43)27-9-3-2-4-10-27)34(13-6-15-45-34)32-19-28-30(20-38-32)39-22-40-33(28)41-26-11-12-31(29(35)18-26)44-21-24-7-5-8-25(36)17-24/h2-12,15,17-20,22-23,37H,13-14,16,21H2,1H3,(H,39,40,41). The maximum Gasteiger partial charge on any atom is 0.179 e. The van der Waals surface area contributed by atoms with Crippen LogP contribution in [-0.4, -0.2) is 41.7 Å². The van der Waals surface area contributed by atoms with Crippen molar-refractivity contribution in [3.63, 3.8) is 0 Å². The van der Waals surface area contributed by atoms with E-state index in [9.17, 15) is 12.8 Å². The Labute approximate surface area is 271 Å². The first-order valence-electron chi connectivity index (χ1n) is 14.6. The number of nitrogens with one attached hydrogen (secondary N) is 2. The van der Waals surface area contributed by atoms with E-state index in [2.05, 4.69) is 20.6 Å². The lowest BCUT2D eigenvalue weighted by atomic mass is 9.87. The lowest BCUT2D eigenvalue weighted by Gasteiger charge is -2.35. The summed E-state index contributed by atoms with van der Waals surface area (Å²) in [6, 6.07) is 21.5. The highest BCUT2D eigenvalue weighted by Gasteiger charge is 2.42. The molecule has 236 valence electrons. The van der Waals surface area contributed by atoms with E-state index in [1.54, 1.807) is 67.1 Å². The van der Waals surface area contributed by atoms with Gasteiger partial charge < -0.3 is 20.1 Å². The van der Waals surface area contributed by atoms with Gasteiger partial charge in [0.1, 0.15) is 30.3 Å². The minimum atomic E-state index is -3.44. The zero-order valence-corrected chi connectivity index (χ0v) is 26.4. The van der Waals surface area contributed by atoms with Gasteiger partial charge in [-0.3, -0.25) is 4.98 Å². The van der Waals surface area contributed by atoms with Crippen LogP contribution in [0.1, 0.15) is 24.6 Å². The molecule has 2 aromatic heterocycles. The van der Waals surface area contributed by atoms with Crippen LogP contribution < -0.4 is 15.4 Å². The van der Waals surface area contributed by atoms with Crippen LogP contribution in [0.25, 0.3) is 10.9 Å². The number of halogens is 2. The maximum atomic E-state index is 13.5. The lowest BCUT2D eigenvalue weighted by molar-refractivity contribution is 0.00504. The van der Waals surface area contributed by atoms with E-state index in [0.717, 1.165) is 0 Å². The number of anilines is 2. The summed E-state index contributed by atoms with van der Waals surface area (Å²) in [5.41, 5.74) is 1.76. The van der Waals surface area contributed by atoms with Crippen LogP contribution in [0.5, 0.6) is 5.75 Å². The SMILES string of the molecule is CC(NCCS(=O)(=O)c1ccccc1)C1(c2cc3c(Nc4ccc(OCc5cccc(F)c5)c(Cl)c4)ncnc3cn2)CC=CO1. The summed E-state index contributed by atoms with van der Waals surface area (Å²) >= 11 is 6.53. The molecule has 1 aliphatic heterocycles. The van der Waals surface area contributed by atoms with E-state index in [-0.39, 0.29) is 30.8 Å². The van der Waals surface area contributed by atoms with Gasteiger partial charge in [0.15, 0.2) is 15.4 Å². The first kappa shape index (κ1) is 31.4. The van der Waals surface area contributed by atoms with Gasteiger partial charge >= 0.3 is 0 Å². The molecular formula is C34H31ClFN5O4S. The molecule has 0 amide bonds. The highest BCUT2D eigenvalue weighted by atomic mass is 35.5. The zero-order chi connectivity index (χ0) is 32.1. The predicted molar refractivity (Wildman–Crippen MR) is 175 cm³/mol. The van der Waals surface area contributed by atoms with E-state index in [1.165, 1.54) is 18.5 Å². The summed E-state index contributed by atoms with van der Waals surface area (Å²) in [6.45, 7) is 2.36. The van der Waals surface area contributed by atoms with E-state index >= 15 is 0 Å². The van der Waals surface area contributed by atoms with E-state index in [0.29, 0.717) is 55.8 Å². The molecule has 12 heteroatoms. The molecule has 0 spiro atoms. The fraction of sp³-hybridized carbons (Fsp3) is 0.206. The van der Waals surface area contributed by atoms with Gasteiger partial charge in [0.25, 0.3) is 0 Å². The Bertz CT molecular complexity index is 1990. The minimum absolute atomic E-state index is 0.0604. The van der Waals surface area contributed by atoms with Gasteiger partial charge in [-0.05, 0) is 67.1 Å². The quantitative estimate of drug-likeness (QED) is 0.151. The molecule has 3 aromatic carbocycles. The molecule has 0 fully saturated rings. The van der Waals surface area contributed by atoms with Crippen LogP contribution in [0.3, 0.4) is 0 Å². The van der Waals surface area contributed by atoms with Crippen molar-refractivity contribution in [2.24, 2.45) is 0 Å². The Morgan fingerprint density at radius 2 is 1.89 bits per heavy atom. The molecule has 5 aromatic rings. The molecule has 0 bridgehead atoms. The average Bonchev–Trinajstić information content (AvgIpc) is 3.56. The van der Waals surface area contributed by atoms with Crippen molar-refractivity contribution in [3.05, 3.63) is 126 Å². The molecule has 9 nitrogen and oxygen atoms in total. The van der Waals surface area contributed by atoms with E-state index < -0.39 is 15.4 Å². The van der Waals surface area contributed by atoms with Crippen molar-refractivity contribution in [3.8, 4) is 5.75 Å². The number of sulfone groups is 1. The van der Waals surface area contributed by atoms with Crippen molar-refractivity contribution >= 4 is 43.8 Å². The Kier molecular flexibility index (Phi) is 9.16. The topological polar surface area (TPSA) is 115 Å². The second-order valence-corrected chi connectivity index (χ2v) is 13.4. The van der Waals surface area contributed by atoms with Crippen LogP contribution in [0.2, 0.25) is 5.02 Å². The van der Waals surface area contributed by atoms with Gasteiger partial charge in [0.05, 0.1) is 45.4 Å². The number of rotatable bonds is 12. The number of hydrogen-bond acceptors (Lipinski definition) is 9. The van der Waals surface area contributed by atoms with Crippen LogP contribution in [0, 0.1) is 5.82 Å². The highest BCUT2D eigenvalue weighted by Crippen LogP contribution is 2.39. The number of aromatic nitrogens is 3. The smallest absolute Gasteiger partial charge is 0.179 e. The molecule has 0 saturated carbocycles. The third kappa shape index (κ3) is 6.81. The zero-order valence-electron chi connectivity index (χ0n) is 24.9. The normalized spacial score (nSPS) is 16.7. The summed E-state index contributed by atoms with van der Waals surface area (Å²) < 4.78 is 51.1.